The number of allylic oxidation sites excluding steroid dienone is 2. The number of nitrogens with zero attached hydrogens (tertiary/aromatic N) is 2. The van der Waals surface area contributed by atoms with Gasteiger partial charge >= 0.3 is 5.97 Å². The number of hydrogen-bond acceptors (Lipinski definition) is 4. The molecule has 0 spiro atoms. The van der Waals surface area contributed by atoms with Gasteiger partial charge in [0.15, 0.2) is 0 Å². The third-order valence-electron chi connectivity index (χ3n) is 6.50. The van der Waals surface area contributed by atoms with Gasteiger partial charge < -0.3 is 12.2 Å². The van der Waals surface area contributed by atoms with E-state index in [1.54, 1.807) is 13.8 Å². The number of methoxy groups -OCH3 is 1. The van der Waals surface area contributed by atoms with Crippen molar-refractivity contribution in [1.82, 2.24) is 0 Å². The number of benzene rings is 4. The van der Waals surface area contributed by atoms with Gasteiger partial charge in [0.2, 0.25) is 0 Å². The normalized spacial score (nSPS) is 13.2. The van der Waals surface area contributed by atoms with Crippen molar-refractivity contribution in [2.24, 2.45) is 15.9 Å². The van der Waals surface area contributed by atoms with E-state index in [4.69, 9.17) is 9.98 Å². The van der Waals surface area contributed by atoms with Crippen molar-refractivity contribution < 1.29 is 26.0 Å². The Kier molecular flexibility index (Phi) is 11.7. The first-order chi connectivity index (χ1) is 18.7. The molecule has 0 amide bonds. The number of esters is 1. The van der Waals surface area contributed by atoms with Gasteiger partial charge in [0.05, 0.1) is 35.8 Å². The number of rotatable bonds is 5. The molecule has 0 aliphatic heterocycles. The summed E-state index contributed by atoms with van der Waals surface area (Å²) in [6.07, 6.45) is 0. The summed E-state index contributed by atoms with van der Waals surface area (Å²) < 4.78 is 4.37. The molecule has 1 aliphatic carbocycles. The van der Waals surface area contributed by atoms with Crippen molar-refractivity contribution in [1.29, 1.82) is 0 Å². The van der Waals surface area contributed by atoms with Gasteiger partial charge in [0, 0.05) is 44.1 Å². The molecule has 0 bridgehead atoms. The Balaban J connectivity index is 0.000000585. The second kappa shape index (κ2) is 14.5. The fourth-order valence-corrected chi connectivity index (χ4v) is 4.56. The molecule has 214 valence electrons. The molecule has 4 aromatic carbocycles. The molecule has 0 fully saturated rings. The zero-order valence-corrected chi connectivity index (χ0v) is 25.6. The SMILES string of the molecule is C=C(C)c1ccccc1N=C1C(=Nc2ccccc2C(=C)C)c2cccc3cccc1c23.COC(=O)C(C)C.[CH3-].[Ni]. The van der Waals surface area contributed by atoms with Crippen molar-refractivity contribution in [3.05, 3.63) is 128 Å². The fraction of sp³-hybridized carbons (Fsp3) is 0.167. The summed E-state index contributed by atoms with van der Waals surface area (Å²) in [5.74, 6) is -0.148. The first kappa shape index (κ1) is 33.1. The van der Waals surface area contributed by atoms with E-state index in [2.05, 4.69) is 66.4 Å². The molecule has 0 radical (unpaired) electrons. The third kappa shape index (κ3) is 7.17. The molecular formula is C36H37N2NiO2-. The first-order valence-electron chi connectivity index (χ1n) is 13.0. The van der Waals surface area contributed by atoms with E-state index in [9.17, 15) is 4.79 Å². The summed E-state index contributed by atoms with van der Waals surface area (Å²) in [7, 11) is 1.39. The number of aliphatic imine (C=N–C) groups is 2. The van der Waals surface area contributed by atoms with Gasteiger partial charge in [-0.05, 0) is 42.5 Å². The Morgan fingerprint density at radius 3 is 1.46 bits per heavy atom. The van der Waals surface area contributed by atoms with Gasteiger partial charge in [-0.2, -0.15) is 0 Å². The van der Waals surface area contributed by atoms with Gasteiger partial charge in [0.1, 0.15) is 0 Å². The van der Waals surface area contributed by atoms with Crippen LogP contribution < -0.4 is 0 Å². The summed E-state index contributed by atoms with van der Waals surface area (Å²) in [6.45, 7) is 15.9. The molecular weight excluding hydrogens is 551 g/mol. The zero-order valence-electron chi connectivity index (χ0n) is 24.6. The minimum atomic E-state index is -0.153. The predicted molar refractivity (Wildman–Crippen MR) is 172 cm³/mol. The van der Waals surface area contributed by atoms with Crippen molar-refractivity contribution in [3.8, 4) is 0 Å². The molecule has 41 heavy (non-hydrogen) atoms. The second-order valence-electron chi connectivity index (χ2n) is 9.90. The average Bonchev–Trinajstić information content (AvgIpc) is 3.22. The summed E-state index contributed by atoms with van der Waals surface area (Å²) in [5.41, 5.74) is 9.89. The summed E-state index contributed by atoms with van der Waals surface area (Å²) in [5, 5.41) is 2.40. The van der Waals surface area contributed by atoms with E-state index in [-0.39, 0.29) is 35.8 Å². The summed E-state index contributed by atoms with van der Waals surface area (Å²) in [6, 6.07) is 29.0. The smallest absolute Gasteiger partial charge is 0.308 e. The molecule has 5 rings (SSSR count). The average molecular weight is 588 g/mol. The number of para-hydroxylation sites is 2. The largest absolute Gasteiger partial charge is 0.469 e. The van der Waals surface area contributed by atoms with Crippen LogP contribution in [0.15, 0.2) is 108 Å². The topological polar surface area (TPSA) is 51.0 Å². The predicted octanol–water partition coefficient (Wildman–Crippen LogP) is 9.42. The van der Waals surface area contributed by atoms with Crippen LogP contribution in [-0.2, 0) is 26.0 Å². The quantitative estimate of drug-likeness (QED) is 0.133. The van der Waals surface area contributed by atoms with Crippen LogP contribution in [0.5, 0.6) is 0 Å². The van der Waals surface area contributed by atoms with Crippen LogP contribution in [-0.4, -0.2) is 24.5 Å². The minimum absolute atomic E-state index is 0. The maximum atomic E-state index is 10.3. The molecule has 4 aromatic rings. The van der Waals surface area contributed by atoms with E-state index in [0.717, 1.165) is 56.2 Å². The molecule has 0 saturated carbocycles. The van der Waals surface area contributed by atoms with Gasteiger partial charge in [0.25, 0.3) is 0 Å². The zero-order chi connectivity index (χ0) is 28.1. The number of carbonyl (C=O) groups excluding carboxylic acids is 1. The summed E-state index contributed by atoms with van der Waals surface area (Å²) in [4.78, 5) is 20.6. The Morgan fingerprint density at radius 2 is 1.12 bits per heavy atom. The third-order valence-corrected chi connectivity index (χ3v) is 6.50. The monoisotopic (exact) mass is 587 g/mol. The maximum absolute atomic E-state index is 10.3. The van der Waals surface area contributed by atoms with Crippen molar-refractivity contribution in [3.63, 3.8) is 0 Å². The van der Waals surface area contributed by atoms with E-state index in [1.165, 1.54) is 17.9 Å². The fourth-order valence-electron chi connectivity index (χ4n) is 4.56. The van der Waals surface area contributed by atoms with Crippen LogP contribution in [0.3, 0.4) is 0 Å². The number of hydrogen-bond donors (Lipinski definition) is 0. The van der Waals surface area contributed by atoms with E-state index < -0.39 is 0 Å². The van der Waals surface area contributed by atoms with Crippen LogP contribution in [0.4, 0.5) is 11.4 Å². The number of carbonyl (C=O) groups is 1. The van der Waals surface area contributed by atoms with Crippen molar-refractivity contribution >= 4 is 50.7 Å². The van der Waals surface area contributed by atoms with Crippen LogP contribution in [0.2, 0.25) is 0 Å². The van der Waals surface area contributed by atoms with Gasteiger partial charge in [-0.3, -0.25) is 4.79 Å². The van der Waals surface area contributed by atoms with Crippen LogP contribution in [0.1, 0.15) is 49.9 Å². The molecule has 0 N–H and O–H groups in total. The Bertz CT molecular complexity index is 1540. The number of ether oxygens (including phenoxy) is 1. The molecule has 4 nitrogen and oxygen atoms in total. The van der Waals surface area contributed by atoms with Crippen molar-refractivity contribution in [2.45, 2.75) is 27.7 Å². The molecule has 0 unspecified atom stereocenters. The summed E-state index contributed by atoms with van der Waals surface area (Å²) >= 11 is 0. The Labute approximate surface area is 254 Å². The van der Waals surface area contributed by atoms with E-state index in [0.29, 0.717) is 0 Å². The molecule has 0 atom stereocenters. The molecule has 0 heterocycles. The van der Waals surface area contributed by atoms with E-state index >= 15 is 0 Å². The van der Waals surface area contributed by atoms with Crippen LogP contribution >= 0.6 is 0 Å². The van der Waals surface area contributed by atoms with Gasteiger partial charge in [-0.15, -0.1) is 0 Å². The Morgan fingerprint density at radius 1 is 0.707 bits per heavy atom. The van der Waals surface area contributed by atoms with Crippen LogP contribution in [0, 0.1) is 13.3 Å². The molecule has 1 aliphatic rings. The second-order valence-corrected chi connectivity index (χ2v) is 9.90. The van der Waals surface area contributed by atoms with Gasteiger partial charge in [-0.25, -0.2) is 9.98 Å². The first-order valence-corrected chi connectivity index (χ1v) is 13.0. The minimum Gasteiger partial charge on any atom is -0.469 e. The van der Waals surface area contributed by atoms with Gasteiger partial charge in [-0.1, -0.05) is 99.8 Å². The molecule has 0 aromatic heterocycles. The molecule has 0 saturated heterocycles. The van der Waals surface area contributed by atoms with Crippen molar-refractivity contribution in [2.75, 3.05) is 7.11 Å². The maximum Gasteiger partial charge on any atom is 0.308 e. The standard InChI is InChI=1S/C30H24N2.C5H10O2.CH3.Ni/c1-19(2)22-13-5-7-17-26(22)31-29-24-15-9-11-21-12-10-16-25(28(21)24)30(29)32-27-18-8-6-14-23(27)20(3)4;1-4(2)5(6)7-3;;/h5-18H,1,3H2,2,4H3;4H,1-3H3;1H3;/q;;-1;. The van der Waals surface area contributed by atoms with E-state index in [1.807, 2.05) is 50.2 Å². The molecule has 5 heteroatoms. The Hall–Kier alpha value is -4.08. The van der Waals surface area contributed by atoms with Crippen LogP contribution in [0.25, 0.3) is 21.9 Å².